The van der Waals surface area contributed by atoms with Crippen LogP contribution >= 0.6 is 0 Å². The Morgan fingerprint density at radius 2 is 1.57 bits per heavy atom. The van der Waals surface area contributed by atoms with Crippen molar-refractivity contribution < 1.29 is 19.6 Å². The lowest BCUT2D eigenvalue weighted by Gasteiger charge is -2.31. The van der Waals surface area contributed by atoms with Crippen molar-refractivity contribution in [3.05, 3.63) is 59.7 Å². The van der Waals surface area contributed by atoms with Crippen molar-refractivity contribution in [2.24, 2.45) is 11.3 Å². The number of benzene rings is 2. The Morgan fingerprint density at radius 3 is 2.11 bits per heavy atom. The minimum Gasteiger partial charge on any atom is -0.357 e. The van der Waals surface area contributed by atoms with Crippen LogP contribution in [-0.2, 0) is 26.2 Å². The summed E-state index contributed by atoms with van der Waals surface area (Å²) in [4.78, 5) is 37.5. The summed E-state index contributed by atoms with van der Waals surface area (Å²) < 4.78 is 0. The first-order valence-electron chi connectivity index (χ1n) is 12.9. The van der Waals surface area contributed by atoms with E-state index < -0.39 is 23.3 Å². The third-order valence-corrected chi connectivity index (χ3v) is 6.58. The molecule has 0 saturated heterocycles. The number of carbonyl (C=O) groups is 3. The molecule has 0 aliphatic rings. The highest BCUT2D eigenvalue weighted by atomic mass is 16.5. The molecule has 0 aliphatic carbocycles. The van der Waals surface area contributed by atoms with Gasteiger partial charge in [-0.2, -0.15) is 0 Å². The summed E-state index contributed by atoms with van der Waals surface area (Å²) >= 11 is 0. The number of amides is 3. The van der Waals surface area contributed by atoms with Crippen LogP contribution in [0.2, 0.25) is 0 Å². The van der Waals surface area contributed by atoms with E-state index in [0.29, 0.717) is 12.8 Å². The highest BCUT2D eigenvalue weighted by Crippen LogP contribution is 2.34. The molecule has 0 fully saturated rings. The Kier molecular flexibility index (Phi) is 10.4. The first-order valence-corrected chi connectivity index (χ1v) is 12.9. The van der Waals surface area contributed by atoms with Gasteiger partial charge in [0.2, 0.25) is 17.7 Å². The normalized spacial score (nSPS) is 13.4. The van der Waals surface area contributed by atoms with Crippen molar-refractivity contribution in [3.8, 4) is 11.1 Å². The summed E-state index contributed by atoms with van der Waals surface area (Å²) in [6.07, 6.45) is 1.69. The molecule has 2 aromatic rings. The average Bonchev–Trinajstić information content (AvgIpc) is 2.85. The molecule has 0 aromatic heterocycles. The first kappa shape index (κ1) is 30.0. The predicted molar refractivity (Wildman–Crippen MR) is 147 cm³/mol. The van der Waals surface area contributed by atoms with E-state index in [2.05, 4.69) is 61.7 Å². The number of likely N-dealkylation sites (N-methyl/N-ethyl adjacent to an activating group) is 1. The summed E-state index contributed by atoms with van der Waals surface area (Å²) in [5.74, 6) is -1.97. The first-order chi connectivity index (χ1) is 17.3. The Balaban J connectivity index is 2.19. The zero-order valence-electron chi connectivity index (χ0n) is 23.3. The Bertz CT molecular complexity index is 1070. The van der Waals surface area contributed by atoms with Gasteiger partial charge in [-0.25, -0.2) is 5.48 Å². The number of nitrogens with one attached hydrogen (secondary N) is 3. The van der Waals surface area contributed by atoms with Gasteiger partial charge in [0.1, 0.15) is 6.04 Å². The number of carbonyl (C=O) groups excluding carboxylic acids is 3. The topological polar surface area (TPSA) is 108 Å². The quantitative estimate of drug-likeness (QED) is 0.273. The van der Waals surface area contributed by atoms with Gasteiger partial charge in [-0.15, -0.1) is 0 Å². The fourth-order valence-corrected chi connectivity index (χ4v) is 4.46. The van der Waals surface area contributed by atoms with Crippen molar-refractivity contribution >= 4 is 17.7 Å². The van der Waals surface area contributed by atoms with Crippen molar-refractivity contribution in [2.75, 3.05) is 7.05 Å². The fraction of sp³-hybridized carbons (Fsp3) is 0.500. The molecule has 37 heavy (non-hydrogen) atoms. The third kappa shape index (κ3) is 8.71. The van der Waals surface area contributed by atoms with Crippen LogP contribution in [0.25, 0.3) is 11.1 Å². The number of rotatable bonds is 10. The van der Waals surface area contributed by atoms with E-state index in [9.17, 15) is 14.4 Å². The van der Waals surface area contributed by atoms with Crippen LogP contribution in [0.1, 0.15) is 71.9 Å². The highest BCUT2D eigenvalue weighted by molar-refractivity contribution is 5.90. The van der Waals surface area contributed by atoms with Crippen molar-refractivity contribution in [1.82, 2.24) is 16.1 Å². The van der Waals surface area contributed by atoms with E-state index >= 15 is 0 Å². The molecular weight excluding hydrogens is 466 g/mol. The minimum absolute atomic E-state index is 0.0510. The summed E-state index contributed by atoms with van der Waals surface area (Å²) in [5.41, 5.74) is 5.86. The average molecular weight is 510 g/mol. The maximum atomic E-state index is 13.1. The van der Waals surface area contributed by atoms with Crippen LogP contribution in [0.4, 0.5) is 0 Å². The lowest BCUT2D eigenvalue weighted by Crippen LogP contribution is -2.54. The predicted octanol–water partition coefficient (Wildman–Crippen LogP) is 4.76. The second-order valence-electron chi connectivity index (χ2n) is 11.7. The second-order valence-corrected chi connectivity index (χ2v) is 11.7. The van der Waals surface area contributed by atoms with E-state index in [1.807, 2.05) is 39.0 Å². The molecule has 3 amide bonds. The molecule has 2 rings (SSSR count). The maximum Gasteiger partial charge on any atom is 0.244 e. The molecule has 202 valence electrons. The SMILES string of the molecule is CNC(=O)C(NC(=O)C(CCCc1ccc(-c2ccccc2)c(C(C)(C)C)c1)CC(=O)NO)C(C)(C)C. The molecule has 2 aromatic carbocycles. The molecular formula is C30H43N3O4. The van der Waals surface area contributed by atoms with Gasteiger partial charge in [-0.05, 0) is 52.3 Å². The standard InChI is InChI=1S/C30H43N3O4/c1-29(2,3)24-18-20(16-17-23(24)21-13-9-8-10-14-21)12-11-15-22(19-25(34)33-37)27(35)32-26(28(36)31-7)30(4,5)6/h8-10,13-14,16-18,22,26,37H,11-12,15,19H2,1-7H3,(H,31,36)(H,32,35)(H,33,34). The van der Waals surface area contributed by atoms with Crippen LogP contribution in [-0.4, -0.2) is 36.0 Å². The van der Waals surface area contributed by atoms with Crippen molar-refractivity contribution in [1.29, 1.82) is 0 Å². The van der Waals surface area contributed by atoms with E-state index in [4.69, 9.17) is 5.21 Å². The molecule has 2 atom stereocenters. The number of hydrogen-bond donors (Lipinski definition) is 4. The fourth-order valence-electron chi connectivity index (χ4n) is 4.46. The van der Waals surface area contributed by atoms with Crippen molar-refractivity contribution in [2.45, 2.75) is 78.7 Å². The molecule has 0 radical (unpaired) electrons. The van der Waals surface area contributed by atoms with E-state index in [0.717, 1.165) is 12.0 Å². The Hall–Kier alpha value is -3.19. The van der Waals surface area contributed by atoms with Crippen LogP contribution in [0, 0.1) is 11.3 Å². The van der Waals surface area contributed by atoms with Gasteiger partial charge in [0.25, 0.3) is 0 Å². The summed E-state index contributed by atoms with van der Waals surface area (Å²) in [7, 11) is 1.53. The molecule has 2 unspecified atom stereocenters. The van der Waals surface area contributed by atoms with Crippen LogP contribution in [0.15, 0.2) is 48.5 Å². The van der Waals surface area contributed by atoms with Crippen LogP contribution in [0.3, 0.4) is 0 Å². The van der Waals surface area contributed by atoms with E-state index in [-0.39, 0.29) is 23.7 Å². The maximum absolute atomic E-state index is 13.1. The van der Waals surface area contributed by atoms with Gasteiger partial charge < -0.3 is 10.6 Å². The van der Waals surface area contributed by atoms with Crippen LogP contribution in [0.5, 0.6) is 0 Å². The van der Waals surface area contributed by atoms with E-state index in [1.54, 1.807) is 5.48 Å². The molecule has 0 spiro atoms. The monoisotopic (exact) mass is 509 g/mol. The molecule has 0 bridgehead atoms. The lowest BCUT2D eigenvalue weighted by atomic mass is 9.80. The zero-order chi connectivity index (χ0) is 27.8. The summed E-state index contributed by atoms with van der Waals surface area (Å²) in [6, 6.07) is 16.1. The highest BCUT2D eigenvalue weighted by Gasteiger charge is 2.34. The third-order valence-electron chi connectivity index (χ3n) is 6.58. The largest absolute Gasteiger partial charge is 0.357 e. The van der Waals surface area contributed by atoms with Gasteiger partial charge in [-0.3, -0.25) is 19.6 Å². The van der Waals surface area contributed by atoms with Crippen molar-refractivity contribution in [3.63, 3.8) is 0 Å². The molecule has 7 heteroatoms. The Labute approximate surface area is 221 Å². The minimum atomic E-state index is -0.746. The molecule has 0 saturated carbocycles. The Morgan fingerprint density at radius 1 is 0.919 bits per heavy atom. The van der Waals surface area contributed by atoms with Gasteiger partial charge in [-0.1, -0.05) is 90.1 Å². The summed E-state index contributed by atoms with van der Waals surface area (Å²) in [5, 5.41) is 14.5. The molecule has 4 N–H and O–H groups in total. The van der Waals surface area contributed by atoms with Crippen LogP contribution < -0.4 is 16.1 Å². The van der Waals surface area contributed by atoms with Gasteiger partial charge in [0, 0.05) is 19.4 Å². The van der Waals surface area contributed by atoms with Gasteiger partial charge in [0.05, 0.1) is 0 Å². The van der Waals surface area contributed by atoms with Gasteiger partial charge >= 0.3 is 0 Å². The second kappa shape index (κ2) is 12.9. The lowest BCUT2D eigenvalue weighted by molar-refractivity contribution is -0.137. The molecule has 0 heterocycles. The van der Waals surface area contributed by atoms with Gasteiger partial charge in [0.15, 0.2) is 0 Å². The zero-order valence-corrected chi connectivity index (χ0v) is 23.3. The number of aryl methyl sites for hydroxylation is 1. The van der Waals surface area contributed by atoms with E-state index in [1.165, 1.54) is 23.7 Å². The molecule has 0 aliphatic heterocycles. The smallest absolute Gasteiger partial charge is 0.244 e. The summed E-state index contributed by atoms with van der Waals surface area (Å²) in [6.45, 7) is 12.2. The number of hydrogen-bond acceptors (Lipinski definition) is 4. The number of hydroxylamine groups is 1. The molecule has 7 nitrogen and oxygen atoms in total.